The highest BCUT2D eigenvalue weighted by molar-refractivity contribution is 5.28. The lowest BCUT2D eigenvalue weighted by Crippen LogP contribution is -1.79. The highest BCUT2D eigenvalue weighted by atomic mass is 13.9. The van der Waals surface area contributed by atoms with Crippen molar-refractivity contribution in [3.8, 4) is 0 Å². The number of hydrogen-bond acceptors (Lipinski definition) is 0. The summed E-state index contributed by atoms with van der Waals surface area (Å²) in [5.41, 5.74) is 4.11. The van der Waals surface area contributed by atoms with Crippen LogP contribution in [0.15, 0.2) is 18.2 Å². The molecule has 0 unspecified atom stereocenters. The van der Waals surface area contributed by atoms with Gasteiger partial charge in [-0.3, -0.25) is 0 Å². The van der Waals surface area contributed by atoms with Gasteiger partial charge in [0.1, 0.15) is 0 Å². The van der Waals surface area contributed by atoms with Gasteiger partial charge >= 0.3 is 0 Å². The van der Waals surface area contributed by atoms with Crippen LogP contribution in [0.3, 0.4) is 0 Å². The van der Waals surface area contributed by atoms with Crippen LogP contribution in [0.4, 0.5) is 0 Å². The number of benzene rings is 1. The molecular formula is C19H38. The van der Waals surface area contributed by atoms with Crippen LogP contribution in [-0.4, -0.2) is 0 Å². The van der Waals surface area contributed by atoms with Crippen LogP contribution in [0.2, 0.25) is 0 Å². The molecule has 19 heavy (non-hydrogen) atoms. The van der Waals surface area contributed by atoms with Crippen molar-refractivity contribution in [2.45, 2.75) is 88.0 Å². The van der Waals surface area contributed by atoms with E-state index in [0.717, 1.165) is 0 Å². The summed E-state index contributed by atoms with van der Waals surface area (Å²) >= 11 is 0. The molecule has 0 N–H and O–H groups in total. The second-order valence-corrected chi connectivity index (χ2v) is 4.59. The fourth-order valence-electron chi connectivity index (χ4n) is 0.891. The van der Waals surface area contributed by atoms with E-state index in [9.17, 15) is 0 Å². The van der Waals surface area contributed by atoms with E-state index in [-0.39, 0.29) is 0 Å². The lowest BCUT2D eigenvalue weighted by atomic mass is 10.1. The van der Waals surface area contributed by atoms with Crippen LogP contribution in [-0.2, 0) is 0 Å². The second-order valence-electron chi connectivity index (χ2n) is 4.59. The van der Waals surface area contributed by atoms with Crippen molar-refractivity contribution in [1.29, 1.82) is 0 Å². The van der Waals surface area contributed by atoms with Crippen molar-refractivity contribution in [3.63, 3.8) is 0 Å². The monoisotopic (exact) mass is 266 g/mol. The number of hydrogen-bond donors (Lipinski definition) is 0. The SMILES string of the molecule is CC.CCCC.CCCC.Cc1ccc(C)c(C)c1. The second kappa shape index (κ2) is 19.6. The Bertz CT molecular complexity index is 253. The summed E-state index contributed by atoms with van der Waals surface area (Å²) in [7, 11) is 0. The topological polar surface area (TPSA) is 0 Å². The average molecular weight is 267 g/mol. The Labute approximate surface area is 123 Å². The van der Waals surface area contributed by atoms with Crippen LogP contribution >= 0.6 is 0 Å². The van der Waals surface area contributed by atoms with Crippen molar-refractivity contribution < 1.29 is 0 Å². The molecule has 1 rings (SSSR count). The summed E-state index contributed by atoms with van der Waals surface area (Å²) in [6.07, 6.45) is 5.28. The van der Waals surface area contributed by atoms with Crippen LogP contribution in [0, 0.1) is 20.8 Å². The zero-order valence-corrected chi connectivity index (χ0v) is 15.1. The third kappa shape index (κ3) is 19.7. The highest BCUT2D eigenvalue weighted by Gasteiger charge is 1.89. The third-order valence-corrected chi connectivity index (χ3v) is 2.66. The van der Waals surface area contributed by atoms with Gasteiger partial charge in [0, 0.05) is 0 Å². The van der Waals surface area contributed by atoms with Gasteiger partial charge in [-0.1, -0.05) is 91.0 Å². The molecule has 114 valence electrons. The van der Waals surface area contributed by atoms with Gasteiger partial charge in [-0.2, -0.15) is 0 Å². The first-order valence-electron chi connectivity index (χ1n) is 8.07. The van der Waals surface area contributed by atoms with E-state index in [4.69, 9.17) is 0 Å². The molecule has 0 aliphatic heterocycles. The van der Waals surface area contributed by atoms with E-state index in [1.807, 2.05) is 13.8 Å². The first kappa shape index (κ1) is 23.3. The molecule has 0 nitrogen and oxygen atoms in total. The van der Waals surface area contributed by atoms with Crippen molar-refractivity contribution >= 4 is 0 Å². The van der Waals surface area contributed by atoms with E-state index in [0.29, 0.717) is 0 Å². The van der Waals surface area contributed by atoms with Crippen molar-refractivity contribution in [2.75, 3.05) is 0 Å². The average Bonchev–Trinajstić information content (AvgIpc) is 2.46. The first-order valence-corrected chi connectivity index (χ1v) is 8.07. The van der Waals surface area contributed by atoms with Gasteiger partial charge in [-0.15, -0.1) is 0 Å². The molecule has 0 fully saturated rings. The van der Waals surface area contributed by atoms with Crippen molar-refractivity contribution in [3.05, 3.63) is 34.9 Å². The number of aryl methyl sites for hydroxylation is 3. The van der Waals surface area contributed by atoms with Crippen LogP contribution in [0.1, 0.15) is 83.9 Å². The van der Waals surface area contributed by atoms with E-state index >= 15 is 0 Å². The Morgan fingerprint density at radius 2 is 1.00 bits per heavy atom. The summed E-state index contributed by atoms with van der Waals surface area (Å²) in [6, 6.07) is 6.50. The molecule has 0 radical (unpaired) electrons. The lowest BCUT2D eigenvalue weighted by molar-refractivity contribution is 0.886. The van der Waals surface area contributed by atoms with Crippen LogP contribution in [0.25, 0.3) is 0 Å². The summed E-state index contributed by atoms with van der Waals surface area (Å²) in [5.74, 6) is 0. The van der Waals surface area contributed by atoms with Gasteiger partial charge in [0.15, 0.2) is 0 Å². The predicted octanol–water partition coefficient (Wildman–Crippen LogP) is 7.25. The first-order chi connectivity index (χ1) is 9.03. The Kier molecular flexibility index (Phi) is 24.0. The van der Waals surface area contributed by atoms with E-state index in [1.54, 1.807) is 0 Å². The molecule has 0 amide bonds. The minimum Gasteiger partial charge on any atom is -0.0683 e. The van der Waals surface area contributed by atoms with Gasteiger partial charge < -0.3 is 0 Å². The fourth-order valence-corrected chi connectivity index (χ4v) is 0.891. The van der Waals surface area contributed by atoms with Gasteiger partial charge in [-0.05, 0) is 31.9 Å². The molecule has 0 bridgehead atoms. The molecule has 0 spiro atoms. The molecule has 0 heteroatoms. The predicted molar refractivity (Wildman–Crippen MR) is 93.2 cm³/mol. The minimum absolute atomic E-state index is 1.32. The summed E-state index contributed by atoms with van der Waals surface area (Å²) in [5, 5.41) is 0. The Morgan fingerprint density at radius 3 is 1.21 bits per heavy atom. The van der Waals surface area contributed by atoms with Crippen molar-refractivity contribution in [2.24, 2.45) is 0 Å². The molecule has 0 atom stereocenters. The Balaban J connectivity index is -0.000000217. The normalized spacial score (nSPS) is 8.05. The third-order valence-electron chi connectivity index (χ3n) is 2.66. The maximum atomic E-state index is 2.20. The molecule has 0 aliphatic carbocycles. The lowest BCUT2D eigenvalue weighted by Gasteiger charge is -1.98. The molecule has 1 aromatic rings. The zero-order valence-electron chi connectivity index (χ0n) is 15.1. The molecule has 0 aromatic heterocycles. The highest BCUT2D eigenvalue weighted by Crippen LogP contribution is 2.07. The van der Waals surface area contributed by atoms with Gasteiger partial charge in [0.2, 0.25) is 0 Å². The number of unbranched alkanes of at least 4 members (excludes halogenated alkanes) is 2. The molecule has 0 heterocycles. The minimum atomic E-state index is 1.32. The quantitative estimate of drug-likeness (QED) is 0.528. The zero-order chi connectivity index (χ0) is 15.7. The van der Waals surface area contributed by atoms with Crippen LogP contribution in [0.5, 0.6) is 0 Å². The maximum Gasteiger partial charge on any atom is -0.0395 e. The molecule has 0 aliphatic rings. The van der Waals surface area contributed by atoms with E-state index in [2.05, 4.69) is 66.7 Å². The maximum absolute atomic E-state index is 2.20. The largest absolute Gasteiger partial charge is 0.0683 e. The fraction of sp³-hybridized carbons (Fsp3) is 0.684. The Morgan fingerprint density at radius 1 is 0.632 bits per heavy atom. The molecule has 0 saturated carbocycles. The molecule has 1 aromatic carbocycles. The van der Waals surface area contributed by atoms with E-state index in [1.165, 1.54) is 42.4 Å². The van der Waals surface area contributed by atoms with Crippen LogP contribution < -0.4 is 0 Å². The summed E-state index contributed by atoms with van der Waals surface area (Å²) in [6.45, 7) is 19.1. The van der Waals surface area contributed by atoms with Gasteiger partial charge in [-0.25, -0.2) is 0 Å². The van der Waals surface area contributed by atoms with E-state index < -0.39 is 0 Å². The van der Waals surface area contributed by atoms with Crippen molar-refractivity contribution in [1.82, 2.24) is 0 Å². The van der Waals surface area contributed by atoms with Gasteiger partial charge in [0.05, 0.1) is 0 Å². The van der Waals surface area contributed by atoms with Gasteiger partial charge in [0.25, 0.3) is 0 Å². The summed E-state index contributed by atoms with van der Waals surface area (Å²) in [4.78, 5) is 0. The molecule has 0 saturated heterocycles. The Hall–Kier alpha value is -0.780. The summed E-state index contributed by atoms with van der Waals surface area (Å²) < 4.78 is 0. The molecular weight excluding hydrogens is 228 g/mol. The standard InChI is InChI=1S/C9H12.2C4H10.C2H6/c1-7-4-5-8(2)9(3)6-7;2*1-3-4-2;1-2/h4-6H,1-3H3;2*3-4H2,1-2H3;1-2H3. The number of rotatable bonds is 2. The smallest absolute Gasteiger partial charge is 0.0395 e.